The number of cyclic esters (lactones) is 2. The standard InChI is InChI=1S/C13H26O5Si2.C6H8O6.CH4/c1-9-11(18-20(5,6)7)12(17-13(9)15)10(14)8-16-19(2,3)4;7-1-2(8)5-3(9)4(10)6(11)12-5;/h10,12,14H,8H2,1-7H3;2,5,7-10H,1H2;1H4. The Morgan fingerprint density at radius 3 is 1.82 bits per heavy atom. The normalized spacial score (nSPS) is 22.7. The lowest BCUT2D eigenvalue weighted by Gasteiger charge is -2.28. The summed E-state index contributed by atoms with van der Waals surface area (Å²) in [4.78, 5) is 22.2. The summed E-state index contributed by atoms with van der Waals surface area (Å²) in [5.74, 6) is -2.73. The number of carbonyl (C=O) groups is 2. The van der Waals surface area contributed by atoms with Gasteiger partial charge in [-0.2, -0.15) is 0 Å². The van der Waals surface area contributed by atoms with Crippen LogP contribution in [0.1, 0.15) is 14.4 Å². The molecule has 0 amide bonds. The Labute approximate surface area is 196 Å². The molecule has 0 saturated heterocycles. The van der Waals surface area contributed by atoms with Crippen LogP contribution in [0.5, 0.6) is 0 Å². The van der Waals surface area contributed by atoms with Crippen molar-refractivity contribution in [2.45, 2.75) is 78.0 Å². The van der Waals surface area contributed by atoms with E-state index in [1.165, 1.54) is 0 Å². The van der Waals surface area contributed by atoms with Gasteiger partial charge in [-0.15, -0.1) is 0 Å². The van der Waals surface area contributed by atoms with Crippen LogP contribution in [0.15, 0.2) is 22.9 Å². The monoisotopic (exact) mass is 510 g/mol. The largest absolute Gasteiger partial charge is 0.544 e. The lowest BCUT2D eigenvalue weighted by Crippen LogP contribution is -2.39. The van der Waals surface area contributed by atoms with E-state index in [0.29, 0.717) is 11.3 Å². The van der Waals surface area contributed by atoms with E-state index >= 15 is 0 Å². The first-order valence-electron chi connectivity index (χ1n) is 10.0. The third kappa shape index (κ3) is 9.10. The van der Waals surface area contributed by atoms with Gasteiger partial charge < -0.3 is 43.9 Å². The van der Waals surface area contributed by atoms with Crippen LogP contribution in [0.3, 0.4) is 0 Å². The number of rotatable bonds is 8. The highest BCUT2D eigenvalue weighted by molar-refractivity contribution is 6.70. The van der Waals surface area contributed by atoms with E-state index in [1.807, 2.05) is 39.3 Å². The van der Waals surface area contributed by atoms with E-state index in [-0.39, 0.29) is 14.0 Å². The molecule has 2 heterocycles. The minimum atomic E-state index is -1.87. The third-order valence-electron chi connectivity index (χ3n) is 4.10. The molecule has 192 valence electrons. The fourth-order valence-electron chi connectivity index (χ4n) is 2.53. The zero-order chi connectivity index (χ0) is 25.0. The van der Waals surface area contributed by atoms with Crippen molar-refractivity contribution in [3.63, 3.8) is 0 Å². The zero-order valence-electron chi connectivity index (χ0n) is 19.4. The first-order chi connectivity index (χ1) is 14.5. The number of esters is 2. The van der Waals surface area contributed by atoms with Crippen LogP contribution in [0.25, 0.3) is 0 Å². The Balaban J connectivity index is 0.000000675. The average molecular weight is 511 g/mol. The maximum absolute atomic E-state index is 11.7. The summed E-state index contributed by atoms with van der Waals surface area (Å²) in [5, 5.41) is 45.3. The van der Waals surface area contributed by atoms with E-state index in [4.69, 9.17) is 34.0 Å². The Hall–Kier alpha value is -1.91. The molecule has 0 spiro atoms. The van der Waals surface area contributed by atoms with Crippen LogP contribution in [-0.4, -0.2) is 91.7 Å². The second-order valence-corrected chi connectivity index (χ2v) is 18.3. The lowest BCUT2D eigenvalue weighted by molar-refractivity contribution is -0.148. The molecule has 0 fully saturated rings. The Kier molecular flexibility index (Phi) is 11.3. The molecule has 5 N–H and O–H groups in total. The van der Waals surface area contributed by atoms with Crippen molar-refractivity contribution < 1.29 is 53.4 Å². The smallest absolute Gasteiger partial charge is 0.377 e. The van der Waals surface area contributed by atoms with Crippen LogP contribution >= 0.6 is 0 Å². The fraction of sp³-hybridized carbons (Fsp3) is 0.700. The van der Waals surface area contributed by atoms with Crippen molar-refractivity contribution >= 4 is 28.6 Å². The number of carbonyl (C=O) groups excluding carboxylic acids is 2. The quantitative estimate of drug-likeness (QED) is 0.236. The topological polar surface area (TPSA) is 172 Å². The first-order valence-corrected chi connectivity index (χ1v) is 16.8. The predicted octanol–water partition coefficient (Wildman–Crippen LogP) is 1.48. The van der Waals surface area contributed by atoms with Crippen molar-refractivity contribution in [2.24, 2.45) is 0 Å². The van der Waals surface area contributed by atoms with Crippen LogP contribution in [0.2, 0.25) is 39.3 Å². The van der Waals surface area contributed by atoms with Crippen molar-refractivity contribution in [3.05, 3.63) is 22.9 Å². The highest BCUT2D eigenvalue weighted by Gasteiger charge is 2.41. The molecule has 0 radical (unpaired) electrons. The molecular weight excluding hydrogens is 472 g/mol. The summed E-state index contributed by atoms with van der Waals surface area (Å²) in [6.45, 7) is 13.4. The minimum Gasteiger partial charge on any atom is -0.544 e. The summed E-state index contributed by atoms with van der Waals surface area (Å²) in [7, 11) is -3.60. The van der Waals surface area contributed by atoms with E-state index in [9.17, 15) is 14.7 Å². The number of hydrogen-bond acceptors (Lipinski definition) is 11. The second kappa shape index (κ2) is 12.0. The molecule has 0 aromatic rings. The van der Waals surface area contributed by atoms with Crippen LogP contribution in [-0.2, 0) is 27.9 Å². The molecule has 4 atom stereocenters. The molecule has 13 heteroatoms. The molecule has 11 nitrogen and oxygen atoms in total. The molecule has 2 aliphatic rings. The van der Waals surface area contributed by atoms with E-state index in [2.05, 4.69) is 4.74 Å². The summed E-state index contributed by atoms with van der Waals surface area (Å²) < 4.78 is 21.1. The predicted molar refractivity (Wildman–Crippen MR) is 124 cm³/mol. The molecule has 2 aliphatic heterocycles. The molecule has 33 heavy (non-hydrogen) atoms. The number of aliphatic hydroxyl groups excluding tert-OH is 5. The highest BCUT2D eigenvalue weighted by atomic mass is 28.4. The SMILES string of the molecule is C.CC1=C(O[Si](C)(C)C)C(C(O)CO[Si](C)(C)C)OC1=O.O=C1OC(C(O)CO)C(O)=C1O. The molecule has 0 bridgehead atoms. The Morgan fingerprint density at radius 2 is 1.42 bits per heavy atom. The van der Waals surface area contributed by atoms with Crippen LogP contribution < -0.4 is 0 Å². The van der Waals surface area contributed by atoms with Gasteiger partial charge in [0.15, 0.2) is 26.3 Å². The minimum absolute atomic E-state index is 0. The second-order valence-electron chi connectivity index (χ2n) is 9.33. The zero-order valence-corrected chi connectivity index (χ0v) is 21.4. The first kappa shape index (κ1) is 31.1. The van der Waals surface area contributed by atoms with E-state index in [1.54, 1.807) is 6.92 Å². The number of aliphatic hydroxyl groups is 5. The Bertz CT molecular complexity index is 765. The van der Waals surface area contributed by atoms with Crippen molar-refractivity contribution in [2.75, 3.05) is 13.2 Å². The van der Waals surface area contributed by atoms with Gasteiger partial charge in [0.05, 0.1) is 18.8 Å². The van der Waals surface area contributed by atoms with Gasteiger partial charge >= 0.3 is 11.9 Å². The van der Waals surface area contributed by atoms with Gasteiger partial charge in [-0.3, -0.25) is 0 Å². The summed E-state index contributed by atoms with van der Waals surface area (Å²) in [6.07, 6.45) is -4.42. The van der Waals surface area contributed by atoms with Gasteiger partial charge in [0.2, 0.25) is 14.1 Å². The van der Waals surface area contributed by atoms with Gasteiger partial charge in [0.25, 0.3) is 0 Å². The van der Waals surface area contributed by atoms with Crippen LogP contribution in [0.4, 0.5) is 0 Å². The highest BCUT2D eigenvalue weighted by Crippen LogP contribution is 2.29. The van der Waals surface area contributed by atoms with Gasteiger partial charge in [0, 0.05) is 0 Å². The molecule has 0 aromatic carbocycles. The molecular formula is C20H38O11Si2. The summed E-state index contributed by atoms with van der Waals surface area (Å²) in [6, 6.07) is 0. The maximum atomic E-state index is 11.7. The molecule has 4 unspecified atom stereocenters. The molecule has 0 aliphatic carbocycles. The number of ether oxygens (including phenoxy) is 2. The Morgan fingerprint density at radius 1 is 0.909 bits per heavy atom. The van der Waals surface area contributed by atoms with E-state index in [0.717, 1.165) is 0 Å². The van der Waals surface area contributed by atoms with Gasteiger partial charge in [-0.05, 0) is 46.2 Å². The van der Waals surface area contributed by atoms with Gasteiger partial charge in [0.1, 0.15) is 18.0 Å². The molecule has 0 aromatic heterocycles. The number of hydrogen-bond donors (Lipinski definition) is 5. The fourth-order valence-corrected chi connectivity index (χ4v) is 4.13. The van der Waals surface area contributed by atoms with Crippen LogP contribution in [0, 0.1) is 0 Å². The summed E-state index contributed by atoms with van der Waals surface area (Å²) in [5.41, 5.74) is 0.449. The van der Waals surface area contributed by atoms with Gasteiger partial charge in [-0.1, -0.05) is 7.43 Å². The lowest BCUT2D eigenvalue weighted by atomic mass is 10.1. The average Bonchev–Trinajstić information content (AvgIpc) is 3.09. The third-order valence-corrected chi connectivity index (χ3v) is 5.96. The maximum Gasteiger partial charge on any atom is 0.377 e. The van der Waals surface area contributed by atoms with E-state index < -0.39 is 71.1 Å². The summed E-state index contributed by atoms with van der Waals surface area (Å²) >= 11 is 0. The van der Waals surface area contributed by atoms with Crippen molar-refractivity contribution in [1.82, 2.24) is 0 Å². The molecule has 2 rings (SSSR count). The van der Waals surface area contributed by atoms with Crippen molar-refractivity contribution in [1.29, 1.82) is 0 Å². The van der Waals surface area contributed by atoms with Crippen molar-refractivity contribution in [3.8, 4) is 0 Å². The molecule has 0 saturated carbocycles. The van der Waals surface area contributed by atoms with Gasteiger partial charge in [-0.25, -0.2) is 9.59 Å².